The Morgan fingerprint density at radius 1 is 1.31 bits per heavy atom. The standard InChI is InChI=1S/C10H12ClNO3S/c11-16(13,14)12-6-10(7-12)15-8-9-4-2-1-3-5-9/h1-5,10H,6-8H2. The molecule has 1 aromatic rings. The summed E-state index contributed by atoms with van der Waals surface area (Å²) in [5, 5.41) is 0. The van der Waals surface area contributed by atoms with Crippen LogP contribution in [0.25, 0.3) is 0 Å². The van der Waals surface area contributed by atoms with E-state index < -0.39 is 9.24 Å². The molecule has 1 aliphatic rings. The van der Waals surface area contributed by atoms with E-state index in [1.165, 1.54) is 4.31 Å². The molecule has 1 fully saturated rings. The van der Waals surface area contributed by atoms with Crippen molar-refractivity contribution in [1.82, 2.24) is 4.31 Å². The van der Waals surface area contributed by atoms with Crippen molar-refractivity contribution in [2.24, 2.45) is 0 Å². The summed E-state index contributed by atoms with van der Waals surface area (Å²) in [6.07, 6.45) is -0.0475. The van der Waals surface area contributed by atoms with Gasteiger partial charge in [-0.05, 0) is 5.56 Å². The molecular formula is C10H12ClNO3S. The average Bonchev–Trinajstić information content (AvgIpc) is 2.15. The van der Waals surface area contributed by atoms with Gasteiger partial charge in [-0.3, -0.25) is 0 Å². The van der Waals surface area contributed by atoms with Crippen molar-refractivity contribution in [3.63, 3.8) is 0 Å². The molecule has 1 aliphatic heterocycles. The fraction of sp³-hybridized carbons (Fsp3) is 0.400. The van der Waals surface area contributed by atoms with Gasteiger partial charge in [0.2, 0.25) is 0 Å². The van der Waals surface area contributed by atoms with E-state index in [0.29, 0.717) is 19.7 Å². The molecule has 0 unspecified atom stereocenters. The van der Waals surface area contributed by atoms with E-state index in [-0.39, 0.29) is 6.10 Å². The SMILES string of the molecule is O=S(=O)(Cl)N1CC(OCc2ccccc2)C1. The van der Waals surface area contributed by atoms with Crippen molar-refractivity contribution in [3.8, 4) is 0 Å². The molecule has 1 aromatic carbocycles. The van der Waals surface area contributed by atoms with E-state index >= 15 is 0 Å². The Bertz CT molecular complexity index is 442. The zero-order valence-corrected chi connectivity index (χ0v) is 10.1. The van der Waals surface area contributed by atoms with Gasteiger partial charge in [0.1, 0.15) is 0 Å². The minimum Gasteiger partial charge on any atom is -0.371 e. The zero-order valence-electron chi connectivity index (χ0n) is 8.54. The van der Waals surface area contributed by atoms with Gasteiger partial charge in [-0.2, -0.15) is 12.7 Å². The lowest BCUT2D eigenvalue weighted by Crippen LogP contribution is -2.53. The first-order chi connectivity index (χ1) is 7.55. The molecule has 16 heavy (non-hydrogen) atoms. The van der Waals surface area contributed by atoms with Crippen LogP contribution in [0.4, 0.5) is 0 Å². The maximum Gasteiger partial charge on any atom is 0.299 e. The molecular weight excluding hydrogens is 250 g/mol. The van der Waals surface area contributed by atoms with E-state index in [1.807, 2.05) is 30.3 Å². The molecule has 0 saturated carbocycles. The van der Waals surface area contributed by atoms with Crippen molar-refractivity contribution in [2.75, 3.05) is 13.1 Å². The predicted octanol–water partition coefficient (Wildman–Crippen LogP) is 1.37. The lowest BCUT2D eigenvalue weighted by molar-refractivity contribution is -0.0287. The number of hydrogen-bond acceptors (Lipinski definition) is 3. The largest absolute Gasteiger partial charge is 0.371 e. The third-order valence-electron chi connectivity index (χ3n) is 2.45. The second kappa shape index (κ2) is 4.71. The van der Waals surface area contributed by atoms with Gasteiger partial charge in [0.25, 0.3) is 9.24 Å². The molecule has 0 aliphatic carbocycles. The highest BCUT2D eigenvalue weighted by Gasteiger charge is 2.35. The Morgan fingerprint density at radius 2 is 1.94 bits per heavy atom. The number of ether oxygens (including phenoxy) is 1. The van der Waals surface area contributed by atoms with E-state index in [9.17, 15) is 8.42 Å². The number of halogens is 1. The third-order valence-corrected chi connectivity index (χ3v) is 3.95. The molecule has 0 atom stereocenters. The van der Waals surface area contributed by atoms with Gasteiger partial charge in [-0.1, -0.05) is 30.3 Å². The monoisotopic (exact) mass is 261 g/mol. The summed E-state index contributed by atoms with van der Waals surface area (Å²) < 4.78 is 28.4. The highest BCUT2D eigenvalue weighted by molar-refractivity contribution is 8.11. The van der Waals surface area contributed by atoms with Gasteiger partial charge in [-0.25, -0.2) is 0 Å². The highest BCUT2D eigenvalue weighted by Crippen LogP contribution is 2.19. The molecule has 0 amide bonds. The number of hydrogen-bond donors (Lipinski definition) is 0. The van der Waals surface area contributed by atoms with E-state index in [4.69, 9.17) is 15.4 Å². The lowest BCUT2D eigenvalue weighted by atomic mass is 10.2. The van der Waals surface area contributed by atoms with Crippen LogP contribution in [-0.4, -0.2) is 31.9 Å². The topological polar surface area (TPSA) is 46.6 Å². The third kappa shape index (κ3) is 2.95. The molecule has 1 heterocycles. The number of rotatable bonds is 4. The minimum atomic E-state index is -3.56. The van der Waals surface area contributed by atoms with Crippen molar-refractivity contribution >= 4 is 19.9 Å². The molecule has 0 N–H and O–H groups in total. The Balaban J connectivity index is 1.75. The predicted molar refractivity (Wildman–Crippen MR) is 61.4 cm³/mol. The molecule has 88 valence electrons. The van der Waals surface area contributed by atoms with Crippen LogP contribution in [0, 0.1) is 0 Å². The smallest absolute Gasteiger partial charge is 0.299 e. The van der Waals surface area contributed by atoms with E-state index in [1.54, 1.807) is 0 Å². The number of nitrogens with zero attached hydrogens (tertiary/aromatic N) is 1. The minimum absolute atomic E-state index is 0.0475. The van der Waals surface area contributed by atoms with Crippen LogP contribution in [-0.2, 0) is 20.6 Å². The first-order valence-electron chi connectivity index (χ1n) is 4.91. The van der Waals surface area contributed by atoms with Crippen molar-refractivity contribution in [2.45, 2.75) is 12.7 Å². The molecule has 6 heteroatoms. The number of benzene rings is 1. The zero-order chi connectivity index (χ0) is 11.6. The summed E-state index contributed by atoms with van der Waals surface area (Å²) in [7, 11) is 1.60. The fourth-order valence-corrected chi connectivity index (χ4v) is 2.50. The molecule has 0 radical (unpaired) electrons. The van der Waals surface area contributed by atoms with Gasteiger partial charge in [0.05, 0.1) is 12.7 Å². The summed E-state index contributed by atoms with van der Waals surface area (Å²) in [5.41, 5.74) is 1.08. The van der Waals surface area contributed by atoms with E-state index in [2.05, 4.69) is 0 Å². The summed E-state index contributed by atoms with van der Waals surface area (Å²) >= 11 is 0. The first kappa shape index (κ1) is 11.9. The van der Waals surface area contributed by atoms with Crippen LogP contribution < -0.4 is 0 Å². The molecule has 4 nitrogen and oxygen atoms in total. The van der Waals surface area contributed by atoms with Crippen LogP contribution in [0.3, 0.4) is 0 Å². The van der Waals surface area contributed by atoms with Gasteiger partial charge >= 0.3 is 0 Å². The Kier molecular flexibility index (Phi) is 3.49. The maximum atomic E-state index is 10.9. The van der Waals surface area contributed by atoms with Crippen LogP contribution in [0.15, 0.2) is 30.3 Å². The Morgan fingerprint density at radius 3 is 2.50 bits per heavy atom. The van der Waals surface area contributed by atoms with Gasteiger partial charge in [0.15, 0.2) is 0 Å². The van der Waals surface area contributed by atoms with Crippen molar-refractivity contribution in [1.29, 1.82) is 0 Å². The van der Waals surface area contributed by atoms with Crippen LogP contribution in [0.1, 0.15) is 5.56 Å². The highest BCUT2D eigenvalue weighted by atomic mass is 35.7. The van der Waals surface area contributed by atoms with Crippen molar-refractivity contribution < 1.29 is 13.2 Å². The maximum absolute atomic E-state index is 10.9. The average molecular weight is 262 g/mol. The van der Waals surface area contributed by atoms with E-state index in [0.717, 1.165) is 5.56 Å². The summed E-state index contributed by atoms with van der Waals surface area (Å²) in [5.74, 6) is 0. The van der Waals surface area contributed by atoms with Gasteiger partial charge in [0, 0.05) is 23.8 Å². The van der Waals surface area contributed by atoms with Crippen LogP contribution in [0.5, 0.6) is 0 Å². The van der Waals surface area contributed by atoms with Crippen LogP contribution >= 0.6 is 10.7 Å². The fourth-order valence-electron chi connectivity index (χ4n) is 1.47. The van der Waals surface area contributed by atoms with Gasteiger partial charge in [-0.15, -0.1) is 0 Å². The Hall–Kier alpha value is -0.620. The normalized spacial score (nSPS) is 18.3. The lowest BCUT2D eigenvalue weighted by Gasteiger charge is -2.35. The quantitative estimate of drug-likeness (QED) is 0.769. The summed E-state index contributed by atoms with van der Waals surface area (Å²) in [6, 6.07) is 9.75. The molecule has 1 saturated heterocycles. The van der Waals surface area contributed by atoms with Crippen molar-refractivity contribution in [3.05, 3.63) is 35.9 Å². The molecule has 0 spiro atoms. The second-order valence-corrected chi connectivity index (χ2v) is 6.19. The van der Waals surface area contributed by atoms with Crippen LogP contribution in [0.2, 0.25) is 0 Å². The second-order valence-electron chi connectivity index (χ2n) is 3.68. The molecule has 0 aromatic heterocycles. The summed E-state index contributed by atoms with van der Waals surface area (Å²) in [4.78, 5) is 0. The van der Waals surface area contributed by atoms with Gasteiger partial charge < -0.3 is 4.74 Å². The molecule has 2 rings (SSSR count). The first-order valence-corrected chi connectivity index (χ1v) is 7.17. The summed E-state index contributed by atoms with van der Waals surface area (Å²) in [6.45, 7) is 1.19. The Labute approximate surface area is 99.3 Å². The molecule has 0 bridgehead atoms.